The van der Waals surface area contributed by atoms with Gasteiger partial charge in [-0.2, -0.15) is 0 Å². The maximum absolute atomic E-state index is 12.1. The first kappa shape index (κ1) is 15.5. The molecule has 0 saturated carbocycles. The Hall–Kier alpha value is -2.90. The normalized spacial score (nSPS) is 12.1. The number of fused-ring (bicyclic) bond motifs is 1. The van der Waals surface area contributed by atoms with E-state index in [1.165, 1.54) is 25.1 Å². The number of hydrogen-bond acceptors (Lipinski definition) is 4. The minimum atomic E-state index is -1.16. The van der Waals surface area contributed by atoms with E-state index in [9.17, 15) is 19.2 Å². The first-order chi connectivity index (χ1) is 10.3. The molecule has 0 aliphatic rings. The number of H-pyrrole nitrogens is 1. The van der Waals surface area contributed by atoms with Gasteiger partial charge in [-0.15, -0.1) is 0 Å². The van der Waals surface area contributed by atoms with Crippen molar-refractivity contribution >= 4 is 22.8 Å². The number of carbonyl (C=O) groups is 2. The van der Waals surface area contributed by atoms with Crippen LogP contribution in [0.25, 0.3) is 10.9 Å². The molecular formula is C14H15N3O5. The number of aliphatic carboxylic acids is 1. The van der Waals surface area contributed by atoms with Crippen molar-refractivity contribution < 1.29 is 14.7 Å². The molecule has 0 aliphatic heterocycles. The summed E-state index contributed by atoms with van der Waals surface area (Å²) in [6.45, 7) is 3.25. The number of carbonyl (C=O) groups excluding carboxylic acids is 1. The van der Waals surface area contributed by atoms with Crippen LogP contribution in [0.3, 0.4) is 0 Å². The van der Waals surface area contributed by atoms with Crippen molar-refractivity contribution in [3.05, 3.63) is 44.6 Å². The van der Waals surface area contributed by atoms with Gasteiger partial charge in [0.2, 0.25) is 0 Å². The van der Waals surface area contributed by atoms with E-state index in [-0.39, 0.29) is 23.0 Å². The topological polar surface area (TPSA) is 121 Å². The molecule has 1 aromatic heterocycles. The van der Waals surface area contributed by atoms with Gasteiger partial charge in [0.05, 0.1) is 10.9 Å². The summed E-state index contributed by atoms with van der Waals surface area (Å²) in [7, 11) is 0. The van der Waals surface area contributed by atoms with Crippen LogP contribution < -0.4 is 16.6 Å². The van der Waals surface area contributed by atoms with E-state index in [1.807, 2.05) is 0 Å². The lowest BCUT2D eigenvalue weighted by molar-refractivity contribution is -0.138. The number of amides is 1. The average Bonchev–Trinajstić information content (AvgIpc) is 2.46. The number of carboxylic acid groups (broad SMARTS) is 1. The molecule has 8 nitrogen and oxygen atoms in total. The minimum Gasteiger partial charge on any atom is -0.480 e. The summed E-state index contributed by atoms with van der Waals surface area (Å²) in [5.41, 5.74) is -0.608. The number of nitrogens with one attached hydrogen (secondary N) is 2. The maximum atomic E-state index is 12.1. The second-order valence-corrected chi connectivity index (χ2v) is 4.77. The van der Waals surface area contributed by atoms with Gasteiger partial charge in [-0.3, -0.25) is 19.0 Å². The Kier molecular flexibility index (Phi) is 4.11. The summed E-state index contributed by atoms with van der Waals surface area (Å²) in [5, 5.41) is 11.4. The molecule has 1 heterocycles. The van der Waals surface area contributed by atoms with Gasteiger partial charge in [0.1, 0.15) is 6.04 Å². The molecule has 1 atom stereocenters. The van der Waals surface area contributed by atoms with Crippen LogP contribution in [0.5, 0.6) is 0 Å². The highest BCUT2D eigenvalue weighted by atomic mass is 16.4. The van der Waals surface area contributed by atoms with E-state index >= 15 is 0 Å². The molecule has 1 aromatic carbocycles. The number of aromatic amines is 1. The largest absolute Gasteiger partial charge is 0.480 e. The SMILES string of the molecule is CCn1c(=O)[nH]c2cc(C(=O)N[C@@H](C)C(=O)O)ccc2c1=O. The van der Waals surface area contributed by atoms with E-state index in [0.717, 1.165) is 4.57 Å². The number of hydrogen-bond donors (Lipinski definition) is 3. The number of carboxylic acids is 1. The lowest BCUT2D eigenvalue weighted by atomic mass is 10.1. The fraction of sp³-hybridized carbons (Fsp3) is 0.286. The molecule has 0 aliphatic carbocycles. The van der Waals surface area contributed by atoms with Crippen molar-refractivity contribution in [2.75, 3.05) is 0 Å². The van der Waals surface area contributed by atoms with Crippen molar-refractivity contribution in [2.45, 2.75) is 26.4 Å². The van der Waals surface area contributed by atoms with Crippen molar-refractivity contribution in [1.29, 1.82) is 0 Å². The third-order valence-corrected chi connectivity index (χ3v) is 3.28. The van der Waals surface area contributed by atoms with E-state index in [1.54, 1.807) is 6.92 Å². The first-order valence-electron chi connectivity index (χ1n) is 6.65. The predicted molar refractivity (Wildman–Crippen MR) is 79.1 cm³/mol. The highest BCUT2D eigenvalue weighted by molar-refractivity contribution is 5.99. The van der Waals surface area contributed by atoms with Crippen LogP contribution in [-0.4, -0.2) is 32.6 Å². The van der Waals surface area contributed by atoms with Crippen molar-refractivity contribution in [1.82, 2.24) is 14.9 Å². The van der Waals surface area contributed by atoms with Gasteiger partial charge < -0.3 is 15.4 Å². The number of benzene rings is 1. The average molecular weight is 305 g/mol. The van der Waals surface area contributed by atoms with Crippen LogP contribution in [0.2, 0.25) is 0 Å². The standard InChI is InChI=1S/C14H15N3O5/c1-3-17-12(19)9-5-4-8(6-10(9)16-14(17)22)11(18)15-7(2)13(20)21/h4-7H,3H2,1-2H3,(H,15,18)(H,16,22)(H,20,21)/t7-/m0/s1. The second kappa shape index (κ2) is 5.84. The van der Waals surface area contributed by atoms with Crippen LogP contribution in [0.15, 0.2) is 27.8 Å². The molecular weight excluding hydrogens is 290 g/mol. The van der Waals surface area contributed by atoms with Crippen LogP contribution in [0.1, 0.15) is 24.2 Å². The summed E-state index contributed by atoms with van der Waals surface area (Å²) < 4.78 is 1.05. The summed E-state index contributed by atoms with van der Waals surface area (Å²) >= 11 is 0. The highest BCUT2D eigenvalue weighted by Gasteiger charge is 2.16. The van der Waals surface area contributed by atoms with Crippen LogP contribution in [0, 0.1) is 0 Å². The molecule has 0 bridgehead atoms. The van der Waals surface area contributed by atoms with Crippen molar-refractivity contribution in [3.8, 4) is 0 Å². The maximum Gasteiger partial charge on any atom is 0.328 e. The summed E-state index contributed by atoms with van der Waals surface area (Å²) in [4.78, 5) is 49.1. The number of rotatable bonds is 4. The van der Waals surface area contributed by atoms with Gasteiger partial charge in [-0.05, 0) is 32.0 Å². The molecule has 8 heteroatoms. The minimum absolute atomic E-state index is 0.157. The first-order valence-corrected chi connectivity index (χ1v) is 6.65. The Bertz CT molecular complexity index is 865. The molecule has 1 amide bonds. The Morgan fingerprint density at radius 2 is 2.05 bits per heavy atom. The molecule has 0 unspecified atom stereocenters. The van der Waals surface area contributed by atoms with Gasteiger partial charge in [0, 0.05) is 12.1 Å². The number of aromatic nitrogens is 2. The molecule has 0 radical (unpaired) electrons. The highest BCUT2D eigenvalue weighted by Crippen LogP contribution is 2.09. The van der Waals surface area contributed by atoms with Crippen LogP contribution >= 0.6 is 0 Å². The van der Waals surface area contributed by atoms with Gasteiger partial charge >= 0.3 is 11.7 Å². The second-order valence-electron chi connectivity index (χ2n) is 4.77. The fourth-order valence-corrected chi connectivity index (χ4v) is 2.02. The zero-order chi connectivity index (χ0) is 16.4. The smallest absolute Gasteiger partial charge is 0.328 e. The summed E-state index contributed by atoms with van der Waals surface area (Å²) in [6.07, 6.45) is 0. The molecule has 0 spiro atoms. The van der Waals surface area contributed by atoms with Gasteiger partial charge in [-0.1, -0.05) is 0 Å². The molecule has 2 aromatic rings. The van der Waals surface area contributed by atoms with Gasteiger partial charge in [0.15, 0.2) is 0 Å². The van der Waals surface area contributed by atoms with Crippen LogP contribution in [0.4, 0.5) is 0 Å². The zero-order valence-corrected chi connectivity index (χ0v) is 12.0. The zero-order valence-electron chi connectivity index (χ0n) is 12.0. The van der Waals surface area contributed by atoms with E-state index in [4.69, 9.17) is 5.11 Å². The molecule has 116 valence electrons. The molecule has 0 fully saturated rings. The fourth-order valence-electron chi connectivity index (χ4n) is 2.02. The Morgan fingerprint density at radius 1 is 1.36 bits per heavy atom. The summed E-state index contributed by atoms with van der Waals surface area (Å²) in [6, 6.07) is 3.14. The van der Waals surface area contributed by atoms with Crippen molar-refractivity contribution in [2.24, 2.45) is 0 Å². The quantitative estimate of drug-likeness (QED) is 0.729. The third-order valence-electron chi connectivity index (χ3n) is 3.28. The monoisotopic (exact) mass is 305 g/mol. The van der Waals surface area contributed by atoms with E-state index in [2.05, 4.69) is 10.3 Å². The summed E-state index contributed by atoms with van der Waals surface area (Å²) in [5.74, 6) is -1.76. The lowest BCUT2D eigenvalue weighted by Gasteiger charge is -2.10. The van der Waals surface area contributed by atoms with Crippen molar-refractivity contribution in [3.63, 3.8) is 0 Å². The predicted octanol–water partition coefficient (Wildman–Crippen LogP) is -0.0874. The Labute approximate surface area is 124 Å². The Balaban J connectivity index is 2.48. The van der Waals surface area contributed by atoms with Crippen LogP contribution in [-0.2, 0) is 11.3 Å². The van der Waals surface area contributed by atoms with Gasteiger partial charge in [-0.25, -0.2) is 4.79 Å². The number of nitrogens with zero attached hydrogens (tertiary/aromatic N) is 1. The van der Waals surface area contributed by atoms with E-state index in [0.29, 0.717) is 0 Å². The Morgan fingerprint density at radius 3 is 2.64 bits per heavy atom. The molecule has 3 N–H and O–H groups in total. The molecule has 2 rings (SSSR count). The molecule has 22 heavy (non-hydrogen) atoms. The molecule has 0 saturated heterocycles. The van der Waals surface area contributed by atoms with Gasteiger partial charge in [0.25, 0.3) is 11.5 Å². The third kappa shape index (κ3) is 2.76. The van der Waals surface area contributed by atoms with E-state index < -0.39 is 29.2 Å². The lowest BCUT2D eigenvalue weighted by Crippen LogP contribution is -2.38.